The lowest BCUT2D eigenvalue weighted by molar-refractivity contribution is -0.137. The maximum atomic E-state index is 12.5. The molecule has 0 saturated carbocycles. The van der Waals surface area contributed by atoms with E-state index in [-0.39, 0.29) is 17.9 Å². The number of hydrogen-bond acceptors (Lipinski definition) is 8. The molecule has 2 aliphatic rings. The summed E-state index contributed by atoms with van der Waals surface area (Å²) in [4.78, 5) is 49.4. The molecule has 0 radical (unpaired) electrons. The second-order valence-corrected chi connectivity index (χ2v) is 8.61. The van der Waals surface area contributed by atoms with Gasteiger partial charge in [-0.15, -0.1) is 0 Å². The van der Waals surface area contributed by atoms with Crippen LogP contribution in [0.15, 0.2) is 71.1 Å². The van der Waals surface area contributed by atoms with Crippen LogP contribution in [-0.2, 0) is 19.1 Å². The Labute approximate surface area is 224 Å². The topological polar surface area (TPSA) is 153 Å². The van der Waals surface area contributed by atoms with Gasteiger partial charge in [0.2, 0.25) is 6.79 Å². The predicted molar refractivity (Wildman–Crippen MR) is 137 cm³/mol. The molecule has 4 rings (SSSR count). The highest BCUT2D eigenvalue weighted by molar-refractivity contribution is 5.96. The van der Waals surface area contributed by atoms with E-state index < -0.39 is 36.1 Å². The highest BCUT2D eigenvalue weighted by atomic mass is 16.7. The minimum Gasteiger partial charge on any atom is -0.466 e. The fourth-order valence-electron chi connectivity index (χ4n) is 4.47. The van der Waals surface area contributed by atoms with Crippen molar-refractivity contribution in [3.8, 4) is 11.5 Å². The number of rotatable bonds is 8. The number of esters is 2. The standard InChI is InChI=1S/C27H28N4O8/c1-14-20(24(32)36-3)22(30-26(34)28-14)16-9-5-7-11-18(16)38-13-39-19-12-8-6-10-17(19)23-21(25(33)37-4)15(2)29-27(35)31-23/h5-12,22-23H,13H2,1-4H3,(H2,28,30,34)(H2,29,31,35). The van der Waals surface area contributed by atoms with E-state index in [0.29, 0.717) is 34.0 Å². The third-order valence-corrected chi connectivity index (χ3v) is 6.24. The maximum Gasteiger partial charge on any atom is 0.337 e. The van der Waals surface area contributed by atoms with Crippen LogP contribution in [0.2, 0.25) is 0 Å². The number of urea groups is 2. The van der Waals surface area contributed by atoms with Gasteiger partial charge >= 0.3 is 24.0 Å². The first kappa shape index (κ1) is 27.0. The molecule has 0 saturated heterocycles. The lowest BCUT2D eigenvalue weighted by atomic mass is 9.95. The Hall–Kier alpha value is -5.00. The fourth-order valence-corrected chi connectivity index (χ4v) is 4.47. The van der Waals surface area contributed by atoms with Crippen molar-refractivity contribution >= 4 is 24.0 Å². The number of nitrogens with one attached hydrogen (secondary N) is 4. The van der Waals surface area contributed by atoms with Crippen LogP contribution in [0.4, 0.5) is 9.59 Å². The third kappa shape index (κ3) is 5.64. The largest absolute Gasteiger partial charge is 0.466 e. The van der Waals surface area contributed by atoms with Gasteiger partial charge < -0.3 is 40.2 Å². The molecule has 0 bridgehead atoms. The van der Waals surface area contributed by atoms with Gasteiger partial charge in [-0.2, -0.15) is 0 Å². The zero-order valence-corrected chi connectivity index (χ0v) is 21.7. The molecule has 2 unspecified atom stereocenters. The monoisotopic (exact) mass is 536 g/mol. The maximum absolute atomic E-state index is 12.5. The van der Waals surface area contributed by atoms with Crippen molar-refractivity contribution in [2.45, 2.75) is 25.9 Å². The summed E-state index contributed by atoms with van der Waals surface area (Å²) >= 11 is 0. The Kier molecular flexibility index (Phi) is 8.04. The van der Waals surface area contributed by atoms with Crippen LogP contribution in [0.1, 0.15) is 37.1 Å². The molecule has 2 atom stereocenters. The summed E-state index contributed by atoms with van der Waals surface area (Å²) in [5.41, 5.74) is 2.23. The van der Waals surface area contributed by atoms with Crippen molar-refractivity contribution < 1.29 is 38.1 Å². The second-order valence-electron chi connectivity index (χ2n) is 8.61. The lowest BCUT2D eigenvalue weighted by Gasteiger charge is -2.29. The van der Waals surface area contributed by atoms with E-state index in [4.69, 9.17) is 18.9 Å². The van der Waals surface area contributed by atoms with Crippen molar-refractivity contribution in [1.29, 1.82) is 0 Å². The zero-order chi connectivity index (χ0) is 28.1. The van der Waals surface area contributed by atoms with Crippen molar-refractivity contribution in [1.82, 2.24) is 21.3 Å². The van der Waals surface area contributed by atoms with E-state index in [9.17, 15) is 19.2 Å². The molecule has 204 valence electrons. The van der Waals surface area contributed by atoms with Gasteiger partial charge in [-0.25, -0.2) is 19.2 Å². The van der Waals surface area contributed by atoms with Crippen LogP contribution < -0.4 is 30.7 Å². The molecule has 0 aliphatic carbocycles. The molecule has 0 fully saturated rings. The normalized spacial score (nSPS) is 18.8. The first-order valence-corrected chi connectivity index (χ1v) is 11.9. The van der Waals surface area contributed by atoms with Crippen LogP contribution in [-0.4, -0.2) is 45.0 Å². The number of methoxy groups -OCH3 is 2. The number of carbonyl (C=O) groups excluding carboxylic acids is 4. The molecule has 4 N–H and O–H groups in total. The molecule has 4 amide bonds. The van der Waals surface area contributed by atoms with E-state index in [1.165, 1.54) is 14.2 Å². The molecule has 12 heteroatoms. The Morgan fingerprint density at radius 2 is 1.08 bits per heavy atom. The summed E-state index contributed by atoms with van der Waals surface area (Å²) in [5.74, 6) is -0.479. The van der Waals surface area contributed by atoms with Gasteiger partial charge in [0.15, 0.2) is 0 Å². The smallest absolute Gasteiger partial charge is 0.337 e. The van der Waals surface area contributed by atoms with Crippen LogP contribution in [0.5, 0.6) is 11.5 Å². The summed E-state index contributed by atoms with van der Waals surface area (Å²) in [6.07, 6.45) is 0. The van der Waals surface area contributed by atoms with Gasteiger partial charge in [0.1, 0.15) is 11.5 Å². The predicted octanol–water partition coefficient (Wildman–Crippen LogP) is 2.70. The Bertz CT molecular complexity index is 1280. The highest BCUT2D eigenvalue weighted by Crippen LogP contribution is 2.35. The summed E-state index contributed by atoms with van der Waals surface area (Å²) in [7, 11) is 2.52. The Morgan fingerprint density at radius 1 is 0.692 bits per heavy atom. The molecular formula is C27H28N4O8. The van der Waals surface area contributed by atoms with Crippen molar-refractivity contribution in [2.24, 2.45) is 0 Å². The molecule has 2 aromatic carbocycles. The van der Waals surface area contributed by atoms with Gasteiger partial charge in [0, 0.05) is 22.5 Å². The number of allylic oxidation sites excluding steroid dienone is 2. The molecule has 2 heterocycles. The molecule has 0 spiro atoms. The van der Waals surface area contributed by atoms with Gasteiger partial charge in [-0.3, -0.25) is 0 Å². The minimum atomic E-state index is -0.824. The number of ether oxygens (including phenoxy) is 4. The van der Waals surface area contributed by atoms with Gasteiger partial charge in [0.25, 0.3) is 0 Å². The van der Waals surface area contributed by atoms with Crippen molar-refractivity contribution in [3.05, 3.63) is 82.2 Å². The molecular weight excluding hydrogens is 508 g/mol. The van der Waals surface area contributed by atoms with Gasteiger partial charge in [0.05, 0.1) is 37.4 Å². The van der Waals surface area contributed by atoms with Gasteiger partial charge in [-0.1, -0.05) is 36.4 Å². The number of benzene rings is 2. The Morgan fingerprint density at radius 3 is 1.46 bits per heavy atom. The number of para-hydroxylation sites is 2. The molecule has 2 aliphatic heterocycles. The van der Waals surface area contributed by atoms with E-state index >= 15 is 0 Å². The van der Waals surface area contributed by atoms with Crippen LogP contribution in [0.25, 0.3) is 0 Å². The number of carbonyl (C=O) groups is 4. The average Bonchev–Trinajstić information content (AvgIpc) is 2.92. The first-order chi connectivity index (χ1) is 18.7. The average molecular weight is 537 g/mol. The fraction of sp³-hybridized carbons (Fsp3) is 0.259. The zero-order valence-electron chi connectivity index (χ0n) is 21.7. The molecule has 0 aromatic heterocycles. The summed E-state index contributed by atoms with van der Waals surface area (Å²) in [6, 6.07) is 11.2. The third-order valence-electron chi connectivity index (χ3n) is 6.24. The van der Waals surface area contributed by atoms with Crippen LogP contribution in [0, 0.1) is 0 Å². The quantitative estimate of drug-likeness (QED) is 0.297. The summed E-state index contributed by atoms with van der Waals surface area (Å²) in [5, 5.41) is 10.6. The van der Waals surface area contributed by atoms with Crippen molar-refractivity contribution in [3.63, 3.8) is 0 Å². The highest BCUT2D eigenvalue weighted by Gasteiger charge is 2.35. The van der Waals surface area contributed by atoms with Crippen molar-refractivity contribution in [2.75, 3.05) is 21.0 Å². The minimum absolute atomic E-state index is 0.235. The van der Waals surface area contributed by atoms with E-state index in [1.54, 1.807) is 62.4 Å². The molecule has 2 aromatic rings. The Balaban J connectivity index is 1.59. The number of amides is 4. The van der Waals surface area contributed by atoms with Crippen LogP contribution in [0.3, 0.4) is 0 Å². The summed E-state index contributed by atoms with van der Waals surface area (Å²) < 4.78 is 21.7. The second kappa shape index (κ2) is 11.6. The van der Waals surface area contributed by atoms with E-state index in [2.05, 4.69) is 21.3 Å². The number of hydrogen-bond donors (Lipinski definition) is 4. The SMILES string of the molecule is COC(=O)C1=C(C)NC(=O)NC1c1ccccc1OCOc1ccccc1C1NC(=O)NC(C)=C1C(=O)OC. The van der Waals surface area contributed by atoms with Gasteiger partial charge in [-0.05, 0) is 26.0 Å². The van der Waals surface area contributed by atoms with Crippen LogP contribution >= 0.6 is 0 Å². The van der Waals surface area contributed by atoms with E-state index in [1.807, 2.05) is 0 Å². The summed E-state index contributed by atoms with van der Waals surface area (Å²) in [6.45, 7) is 2.96. The first-order valence-electron chi connectivity index (χ1n) is 11.9. The molecule has 12 nitrogen and oxygen atoms in total. The molecule has 39 heavy (non-hydrogen) atoms. The van der Waals surface area contributed by atoms with E-state index in [0.717, 1.165) is 0 Å². The lowest BCUT2D eigenvalue weighted by Crippen LogP contribution is -2.45.